The van der Waals surface area contributed by atoms with Crippen LogP contribution in [0.4, 0.5) is 0 Å². The summed E-state index contributed by atoms with van der Waals surface area (Å²) in [7, 11) is 0. The van der Waals surface area contributed by atoms with Crippen LogP contribution in [0.15, 0.2) is 22.7 Å². The third-order valence-electron chi connectivity index (χ3n) is 2.17. The molecule has 0 saturated heterocycles. The van der Waals surface area contributed by atoms with E-state index in [4.69, 9.17) is 0 Å². The maximum Gasteiger partial charge on any atom is 0.131 e. The first kappa shape index (κ1) is 9.89. The van der Waals surface area contributed by atoms with Crippen LogP contribution in [0, 0.1) is 0 Å². The summed E-state index contributed by atoms with van der Waals surface area (Å²) in [5, 5.41) is 12.7. The molecule has 0 radical (unpaired) electrons. The van der Waals surface area contributed by atoms with Crippen LogP contribution < -0.4 is 5.32 Å². The van der Waals surface area contributed by atoms with Crippen LogP contribution in [0.3, 0.4) is 0 Å². The zero-order chi connectivity index (χ0) is 9.42. The normalized spacial score (nSPS) is 27.0. The molecule has 1 aliphatic rings. The molecular weight excluding hydrogens is 345 g/mol. The molecule has 2 unspecified atom stereocenters. The van der Waals surface area contributed by atoms with E-state index < -0.39 is 6.23 Å². The van der Waals surface area contributed by atoms with Gasteiger partial charge in [-0.3, -0.25) is 5.32 Å². The lowest BCUT2D eigenvalue weighted by Crippen LogP contribution is -2.30. The highest BCUT2D eigenvalue weighted by Gasteiger charge is 2.23. The molecule has 0 bridgehead atoms. The lowest BCUT2D eigenvalue weighted by molar-refractivity contribution is 0.132. The van der Waals surface area contributed by atoms with Gasteiger partial charge in [-0.15, -0.1) is 0 Å². The van der Waals surface area contributed by atoms with Crippen molar-refractivity contribution in [3.8, 4) is 0 Å². The number of nitrogens with one attached hydrogen (secondary N) is 1. The summed E-state index contributed by atoms with van der Waals surface area (Å²) in [5.41, 5.74) is 2.22. The SMILES string of the molecule is OC1NCC(I)c2cc(Br)ccc21. The molecule has 70 valence electrons. The van der Waals surface area contributed by atoms with Crippen LogP contribution in [0.1, 0.15) is 21.3 Å². The van der Waals surface area contributed by atoms with Crippen molar-refractivity contribution in [2.45, 2.75) is 10.2 Å². The van der Waals surface area contributed by atoms with Crippen LogP contribution in [-0.2, 0) is 0 Å². The Bertz CT molecular complexity index is 331. The average molecular weight is 354 g/mol. The van der Waals surface area contributed by atoms with Gasteiger partial charge < -0.3 is 5.11 Å². The number of hydrogen-bond acceptors (Lipinski definition) is 2. The standard InChI is InChI=1S/C9H9BrINO/c10-5-1-2-6-7(3-5)8(11)4-12-9(6)13/h1-3,8-9,12-13H,4H2. The first-order chi connectivity index (χ1) is 6.18. The molecule has 2 rings (SSSR count). The molecule has 2 nitrogen and oxygen atoms in total. The predicted molar refractivity (Wildman–Crippen MR) is 63.9 cm³/mol. The molecule has 0 aliphatic carbocycles. The summed E-state index contributed by atoms with van der Waals surface area (Å²) >= 11 is 5.81. The van der Waals surface area contributed by atoms with Crippen molar-refractivity contribution in [2.75, 3.05) is 6.54 Å². The molecule has 0 fully saturated rings. The summed E-state index contributed by atoms with van der Waals surface area (Å²) in [6.45, 7) is 0.825. The average Bonchev–Trinajstić information content (AvgIpc) is 2.12. The van der Waals surface area contributed by atoms with Crippen LogP contribution in [-0.4, -0.2) is 11.7 Å². The van der Waals surface area contributed by atoms with E-state index in [0.717, 1.165) is 16.6 Å². The van der Waals surface area contributed by atoms with Crippen LogP contribution in [0.5, 0.6) is 0 Å². The van der Waals surface area contributed by atoms with Gasteiger partial charge in [-0.2, -0.15) is 0 Å². The Morgan fingerprint density at radius 1 is 1.46 bits per heavy atom. The van der Waals surface area contributed by atoms with Crippen LogP contribution in [0.2, 0.25) is 0 Å². The molecule has 1 aliphatic heterocycles. The second-order valence-electron chi connectivity index (χ2n) is 3.05. The Morgan fingerprint density at radius 3 is 3.00 bits per heavy atom. The minimum absolute atomic E-state index is 0.438. The zero-order valence-corrected chi connectivity index (χ0v) is 10.5. The Morgan fingerprint density at radius 2 is 2.23 bits per heavy atom. The smallest absolute Gasteiger partial charge is 0.131 e. The highest BCUT2D eigenvalue weighted by molar-refractivity contribution is 14.1. The summed E-state index contributed by atoms with van der Waals surface area (Å²) in [6.07, 6.45) is -0.505. The van der Waals surface area contributed by atoms with Crippen LogP contribution in [0.25, 0.3) is 0 Å². The Labute approximate surface area is 99.0 Å². The molecule has 1 aromatic rings. The number of rotatable bonds is 0. The Hall–Kier alpha value is 0.350. The molecule has 0 saturated carbocycles. The molecule has 0 amide bonds. The minimum atomic E-state index is -0.505. The number of halogens is 2. The number of aliphatic hydroxyl groups excluding tert-OH is 1. The van der Waals surface area contributed by atoms with Crippen molar-refractivity contribution in [2.24, 2.45) is 0 Å². The van der Waals surface area contributed by atoms with Gasteiger partial charge in [-0.05, 0) is 23.3 Å². The van der Waals surface area contributed by atoms with E-state index in [0.29, 0.717) is 3.92 Å². The van der Waals surface area contributed by atoms with Crippen molar-refractivity contribution >= 4 is 38.5 Å². The van der Waals surface area contributed by atoms with Gasteiger partial charge in [0.1, 0.15) is 6.23 Å². The first-order valence-electron chi connectivity index (χ1n) is 4.03. The molecular formula is C9H9BrINO. The first-order valence-corrected chi connectivity index (χ1v) is 6.07. The summed E-state index contributed by atoms with van der Waals surface area (Å²) in [5.74, 6) is 0. The second kappa shape index (κ2) is 3.84. The fourth-order valence-electron chi connectivity index (χ4n) is 1.50. The Balaban J connectivity index is 2.50. The van der Waals surface area contributed by atoms with E-state index in [-0.39, 0.29) is 0 Å². The van der Waals surface area contributed by atoms with Gasteiger partial charge in [0.15, 0.2) is 0 Å². The largest absolute Gasteiger partial charge is 0.374 e. The van der Waals surface area contributed by atoms with Crippen molar-refractivity contribution < 1.29 is 5.11 Å². The number of hydrogen-bond donors (Lipinski definition) is 2. The summed E-state index contributed by atoms with van der Waals surface area (Å²) in [4.78, 5) is 0. The molecule has 4 heteroatoms. The van der Waals surface area contributed by atoms with Gasteiger partial charge in [0, 0.05) is 14.9 Å². The summed E-state index contributed by atoms with van der Waals surface area (Å²) in [6, 6.07) is 6.00. The number of fused-ring (bicyclic) bond motifs is 1. The molecule has 1 aromatic carbocycles. The fraction of sp³-hybridized carbons (Fsp3) is 0.333. The van der Waals surface area contributed by atoms with Gasteiger partial charge in [0.25, 0.3) is 0 Å². The minimum Gasteiger partial charge on any atom is -0.374 e. The van der Waals surface area contributed by atoms with E-state index >= 15 is 0 Å². The predicted octanol–water partition coefficient (Wildman–Crippen LogP) is 2.52. The van der Waals surface area contributed by atoms with Crippen molar-refractivity contribution in [1.82, 2.24) is 5.32 Å². The molecule has 2 atom stereocenters. The van der Waals surface area contributed by atoms with Crippen molar-refractivity contribution in [3.63, 3.8) is 0 Å². The molecule has 13 heavy (non-hydrogen) atoms. The van der Waals surface area contributed by atoms with Crippen molar-refractivity contribution in [3.05, 3.63) is 33.8 Å². The quantitative estimate of drug-likeness (QED) is 0.555. The highest BCUT2D eigenvalue weighted by atomic mass is 127. The van der Waals surface area contributed by atoms with Gasteiger partial charge in [-0.1, -0.05) is 44.6 Å². The van der Waals surface area contributed by atoms with E-state index in [1.807, 2.05) is 12.1 Å². The number of aliphatic hydroxyl groups is 1. The topological polar surface area (TPSA) is 32.3 Å². The summed E-state index contributed by atoms with van der Waals surface area (Å²) < 4.78 is 1.51. The molecule has 0 spiro atoms. The van der Waals surface area contributed by atoms with Crippen molar-refractivity contribution in [1.29, 1.82) is 0 Å². The lowest BCUT2D eigenvalue weighted by Gasteiger charge is -2.26. The number of benzene rings is 1. The van der Waals surface area contributed by atoms with E-state index in [9.17, 15) is 5.11 Å². The zero-order valence-electron chi connectivity index (χ0n) is 6.80. The third kappa shape index (κ3) is 1.91. The fourth-order valence-corrected chi connectivity index (χ4v) is 2.67. The van der Waals surface area contributed by atoms with Gasteiger partial charge >= 0.3 is 0 Å². The highest BCUT2D eigenvalue weighted by Crippen LogP contribution is 2.34. The molecule has 0 aromatic heterocycles. The maximum atomic E-state index is 9.64. The van der Waals surface area contributed by atoms with Gasteiger partial charge in [0.05, 0.1) is 0 Å². The third-order valence-corrected chi connectivity index (χ3v) is 3.78. The lowest BCUT2D eigenvalue weighted by atomic mass is 10.00. The monoisotopic (exact) mass is 353 g/mol. The maximum absolute atomic E-state index is 9.64. The molecule has 1 heterocycles. The van der Waals surface area contributed by atoms with Crippen LogP contribution >= 0.6 is 38.5 Å². The van der Waals surface area contributed by atoms with Gasteiger partial charge in [0.2, 0.25) is 0 Å². The number of alkyl halides is 1. The molecule has 2 N–H and O–H groups in total. The second-order valence-corrected chi connectivity index (χ2v) is 5.47. The van der Waals surface area contributed by atoms with E-state index in [1.54, 1.807) is 0 Å². The van der Waals surface area contributed by atoms with Gasteiger partial charge in [-0.25, -0.2) is 0 Å². The van der Waals surface area contributed by atoms with E-state index in [1.165, 1.54) is 5.56 Å². The Kier molecular flexibility index (Phi) is 2.92. The van der Waals surface area contributed by atoms with E-state index in [2.05, 4.69) is 49.9 Å².